The lowest BCUT2D eigenvalue weighted by molar-refractivity contribution is -0.124. The molecular formula is C19H21ClN4O3. The number of hydrogen-bond donors (Lipinski definition) is 1. The van der Waals surface area contributed by atoms with Crippen molar-refractivity contribution in [3.63, 3.8) is 0 Å². The van der Waals surface area contributed by atoms with Crippen molar-refractivity contribution in [1.29, 1.82) is 0 Å². The third-order valence-corrected chi connectivity index (χ3v) is 5.12. The fourth-order valence-electron chi connectivity index (χ4n) is 3.42. The Bertz CT molecular complexity index is 843. The zero-order valence-electron chi connectivity index (χ0n) is 14.9. The smallest absolute Gasteiger partial charge is 0.240 e. The van der Waals surface area contributed by atoms with E-state index in [-0.39, 0.29) is 24.5 Å². The average molecular weight is 389 g/mol. The number of benzene rings is 1. The molecule has 1 atom stereocenters. The molecule has 1 N–H and O–H groups in total. The van der Waals surface area contributed by atoms with Crippen molar-refractivity contribution in [2.24, 2.45) is 0 Å². The van der Waals surface area contributed by atoms with Crippen LogP contribution in [0.15, 0.2) is 30.3 Å². The topological polar surface area (TPSA) is 76.5 Å². The van der Waals surface area contributed by atoms with Gasteiger partial charge < -0.3 is 10.1 Å². The Labute approximate surface area is 162 Å². The molecule has 27 heavy (non-hydrogen) atoms. The van der Waals surface area contributed by atoms with E-state index in [2.05, 4.69) is 10.4 Å². The number of nitrogens with zero attached hydrogens (tertiary/aromatic N) is 3. The number of hydrogen-bond acceptors (Lipinski definition) is 4. The maximum atomic E-state index is 12.4. The molecule has 0 aliphatic carbocycles. The van der Waals surface area contributed by atoms with Crippen molar-refractivity contribution in [1.82, 2.24) is 15.1 Å². The van der Waals surface area contributed by atoms with E-state index in [0.717, 1.165) is 30.7 Å². The van der Waals surface area contributed by atoms with Crippen LogP contribution < -0.4 is 10.2 Å². The number of fused-ring (bicyclic) bond motifs is 1. The van der Waals surface area contributed by atoms with Gasteiger partial charge in [0.05, 0.1) is 18.3 Å². The number of carbonyl (C=O) groups is 2. The number of amides is 2. The van der Waals surface area contributed by atoms with E-state index in [1.165, 1.54) is 4.90 Å². The molecule has 2 amide bonds. The van der Waals surface area contributed by atoms with Crippen molar-refractivity contribution in [3.05, 3.63) is 35.4 Å². The van der Waals surface area contributed by atoms with Crippen molar-refractivity contribution >= 4 is 29.2 Å². The predicted octanol–water partition coefficient (Wildman–Crippen LogP) is 2.24. The van der Waals surface area contributed by atoms with Crippen molar-refractivity contribution in [2.75, 3.05) is 24.6 Å². The van der Waals surface area contributed by atoms with Gasteiger partial charge in [0.15, 0.2) is 0 Å². The van der Waals surface area contributed by atoms with E-state index in [1.807, 2.05) is 18.2 Å². The molecule has 1 aromatic carbocycles. The maximum absolute atomic E-state index is 12.4. The highest BCUT2D eigenvalue weighted by Gasteiger charge is 2.28. The quantitative estimate of drug-likeness (QED) is 0.852. The van der Waals surface area contributed by atoms with Crippen LogP contribution in [-0.2, 0) is 20.9 Å². The van der Waals surface area contributed by atoms with Crippen molar-refractivity contribution in [3.8, 4) is 11.3 Å². The Kier molecular flexibility index (Phi) is 5.13. The molecule has 0 bridgehead atoms. The minimum Gasteiger partial charge on any atom is -0.376 e. The molecule has 1 unspecified atom stereocenters. The molecule has 0 spiro atoms. The summed E-state index contributed by atoms with van der Waals surface area (Å²) in [6.07, 6.45) is 2.39. The Balaban J connectivity index is 1.48. The number of ether oxygens (including phenoxy) is 1. The Morgan fingerprint density at radius 1 is 1.33 bits per heavy atom. The van der Waals surface area contributed by atoms with Gasteiger partial charge in [0.1, 0.15) is 12.4 Å². The highest BCUT2D eigenvalue weighted by atomic mass is 35.5. The predicted molar refractivity (Wildman–Crippen MR) is 102 cm³/mol. The summed E-state index contributed by atoms with van der Waals surface area (Å²) in [5.41, 5.74) is 1.66. The summed E-state index contributed by atoms with van der Waals surface area (Å²) < 4.78 is 7.29. The number of carbonyl (C=O) groups excluding carboxylic acids is 2. The van der Waals surface area contributed by atoms with E-state index in [0.29, 0.717) is 30.4 Å². The largest absolute Gasteiger partial charge is 0.376 e. The van der Waals surface area contributed by atoms with Gasteiger partial charge in [-0.3, -0.25) is 14.5 Å². The lowest BCUT2D eigenvalue weighted by Crippen LogP contribution is -2.45. The first-order valence-electron chi connectivity index (χ1n) is 9.12. The fourth-order valence-corrected chi connectivity index (χ4v) is 3.54. The normalized spacial score (nSPS) is 19.2. The van der Waals surface area contributed by atoms with E-state index in [9.17, 15) is 9.59 Å². The van der Waals surface area contributed by atoms with E-state index >= 15 is 0 Å². The molecule has 0 saturated carbocycles. The molecule has 142 valence electrons. The summed E-state index contributed by atoms with van der Waals surface area (Å²) >= 11 is 5.94. The molecule has 7 nitrogen and oxygen atoms in total. The minimum absolute atomic E-state index is 0.0166. The summed E-state index contributed by atoms with van der Waals surface area (Å²) in [6, 6.07) is 9.22. The third kappa shape index (κ3) is 3.99. The van der Waals surface area contributed by atoms with Gasteiger partial charge in [-0.05, 0) is 25.0 Å². The Morgan fingerprint density at radius 3 is 2.89 bits per heavy atom. The van der Waals surface area contributed by atoms with Gasteiger partial charge in [-0.1, -0.05) is 23.7 Å². The highest BCUT2D eigenvalue weighted by molar-refractivity contribution is 6.30. The SMILES string of the molecule is O=C(CN1C(=O)CCn2nc(-c3ccc(Cl)cc3)cc21)NCC1CCCO1. The molecule has 0 radical (unpaired) electrons. The molecule has 1 saturated heterocycles. The molecule has 2 aliphatic heterocycles. The van der Waals surface area contributed by atoms with Crippen LogP contribution in [-0.4, -0.2) is 47.4 Å². The highest BCUT2D eigenvalue weighted by Crippen LogP contribution is 2.28. The lowest BCUT2D eigenvalue weighted by atomic mass is 10.1. The molecular weight excluding hydrogens is 368 g/mol. The first-order valence-corrected chi connectivity index (χ1v) is 9.50. The number of aryl methyl sites for hydroxylation is 1. The van der Waals surface area contributed by atoms with Crippen molar-refractivity contribution in [2.45, 2.75) is 31.9 Å². The second-order valence-electron chi connectivity index (χ2n) is 6.79. The average Bonchev–Trinajstić information content (AvgIpc) is 3.33. The molecule has 8 heteroatoms. The number of anilines is 1. The first kappa shape index (κ1) is 18.0. The van der Waals surface area contributed by atoms with Gasteiger partial charge in [-0.15, -0.1) is 0 Å². The van der Waals surface area contributed by atoms with Gasteiger partial charge in [-0.2, -0.15) is 5.10 Å². The lowest BCUT2D eigenvalue weighted by Gasteiger charge is -2.27. The van der Waals surface area contributed by atoms with Gasteiger partial charge in [0.25, 0.3) is 0 Å². The van der Waals surface area contributed by atoms with E-state index in [1.54, 1.807) is 16.8 Å². The molecule has 1 fully saturated rings. The van der Waals surface area contributed by atoms with Crippen LogP contribution in [0.1, 0.15) is 19.3 Å². The van der Waals surface area contributed by atoms with Gasteiger partial charge in [0, 0.05) is 36.2 Å². The monoisotopic (exact) mass is 388 g/mol. The van der Waals surface area contributed by atoms with Crippen LogP contribution in [0, 0.1) is 0 Å². The summed E-state index contributed by atoms with van der Waals surface area (Å²) in [5.74, 6) is 0.377. The standard InChI is InChI=1S/C19H21ClN4O3/c20-14-5-3-13(4-6-14)16-10-18-23(19(26)7-8-24(18)22-16)12-17(25)21-11-15-2-1-9-27-15/h3-6,10,15H,1-2,7-9,11-12H2,(H,21,25). The molecule has 4 rings (SSSR count). The van der Waals surface area contributed by atoms with Crippen LogP contribution in [0.25, 0.3) is 11.3 Å². The van der Waals surface area contributed by atoms with E-state index < -0.39 is 0 Å². The second kappa shape index (κ2) is 7.70. The molecule has 2 aromatic rings. The summed E-state index contributed by atoms with van der Waals surface area (Å²) in [6.45, 7) is 1.72. The summed E-state index contributed by atoms with van der Waals surface area (Å²) in [7, 11) is 0. The number of rotatable bonds is 5. The third-order valence-electron chi connectivity index (χ3n) is 4.87. The Morgan fingerprint density at radius 2 is 2.15 bits per heavy atom. The number of nitrogens with one attached hydrogen (secondary N) is 1. The maximum Gasteiger partial charge on any atom is 0.240 e. The number of aromatic nitrogens is 2. The van der Waals surface area contributed by atoms with Crippen LogP contribution in [0.4, 0.5) is 5.82 Å². The molecule has 2 aliphatic rings. The van der Waals surface area contributed by atoms with Gasteiger partial charge in [0.2, 0.25) is 11.8 Å². The summed E-state index contributed by atoms with van der Waals surface area (Å²) in [5, 5.41) is 8.10. The van der Waals surface area contributed by atoms with E-state index in [4.69, 9.17) is 16.3 Å². The van der Waals surface area contributed by atoms with Crippen LogP contribution >= 0.6 is 11.6 Å². The zero-order valence-corrected chi connectivity index (χ0v) is 15.6. The van der Waals surface area contributed by atoms with Crippen molar-refractivity contribution < 1.29 is 14.3 Å². The molecule has 3 heterocycles. The first-order chi connectivity index (χ1) is 13.1. The minimum atomic E-state index is -0.193. The van der Waals surface area contributed by atoms with Gasteiger partial charge in [-0.25, -0.2) is 4.68 Å². The van der Waals surface area contributed by atoms with Crippen LogP contribution in [0.3, 0.4) is 0 Å². The Hall–Kier alpha value is -2.38. The summed E-state index contributed by atoms with van der Waals surface area (Å²) in [4.78, 5) is 26.2. The van der Waals surface area contributed by atoms with Gasteiger partial charge >= 0.3 is 0 Å². The number of halogens is 1. The second-order valence-corrected chi connectivity index (χ2v) is 7.22. The van der Waals surface area contributed by atoms with Crippen LogP contribution in [0.2, 0.25) is 5.02 Å². The molecule has 1 aromatic heterocycles. The fraction of sp³-hybridized carbons (Fsp3) is 0.421. The van der Waals surface area contributed by atoms with Crippen LogP contribution in [0.5, 0.6) is 0 Å². The zero-order chi connectivity index (χ0) is 18.8.